The van der Waals surface area contributed by atoms with Gasteiger partial charge in [0.1, 0.15) is 12.9 Å². The SMILES string of the molecule is C=O.CC.CC.COCCCCCOC1OC(COC)C(O)OC1O. The first-order valence-corrected chi connectivity index (χ1v) is 8.74. The number of hydrogen-bond acceptors (Lipinski definition) is 8. The summed E-state index contributed by atoms with van der Waals surface area (Å²) >= 11 is 0. The van der Waals surface area contributed by atoms with Crippen molar-refractivity contribution in [3.05, 3.63) is 0 Å². The Kier molecular flexibility index (Phi) is 27.3. The van der Waals surface area contributed by atoms with Gasteiger partial charge in [-0.15, -0.1) is 0 Å². The lowest BCUT2D eigenvalue weighted by Crippen LogP contribution is -2.51. The fraction of sp³-hybridized carbons (Fsp3) is 0.941. The predicted molar refractivity (Wildman–Crippen MR) is 95.1 cm³/mol. The van der Waals surface area contributed by atoms with E-state index in [1.807, 2.05) is 34.5 Å². The van der Waals surface area contributed by atoms with Crippen molar-refractivity contribution in [2.45, 2.75) is 71.9 Å². The zero-order chi connectivity index (χ0) is 20.1. The van der Waals surface area contributed by atoms with Gasteiger partial charge in [0.15, 0.2) is 6.29 Å². The molecule has 25 heavy (non-hydrogen) atoms. The van der Waals surface area contributed by atoms with Gasteiger partial charge in [-0.2, -0.15) is 0 Å². The summed E-state index contributed by atoms with van der Waals surface area (Å²) in [6, 6.07) is 0. The van der Waals surface area contributed by atoms with Gasteiger partial charge in [-0.1, -0.05) is 27.7 Å². The zero-order valence-electron chi connectivity index (χ0n) is 16.6. The molecule has 1 rings (SSSR count). The van der Waals surface area contributed by atoms with Gasteiger partial charge >= 0.3 is 0 Å². The number of unbranched alkanes of at least 4 members (excludes halogenated alkanes) is 2. The Morgan fingerprint density at radius 2 is 1.40 bits per heavy atom. The quantitative estimate of drug-likeness (QED) is 0.591. The van der Waals surface area contributed by atoms with Gasteiger partial charge in [0.2, 0.25) is 12.6 Å². The Hall–Kier alpha value is -0.610. The van der Waals surface area contributed by atoms with Crippen molar-refractivity contribution >= 4 is 6.79 Å². The van der Waals surface area contributed by atoms with Crippen LogP contribution in [0.1, 0.15) is 47.0 Å². The monoisotopic (exact) mass is 370 g/mol. The minimum atomic E-state index is -1.29. The third kappa shape index (κ3) is 15.4. The zero-order valence-corrected chi connectivity index (χ0v) is 16.6. The smallest absolute Gasteiger partial charge is 0.209 e. The van der Waals surface area contributed by atoms with E-state index in [0.717, 1.165) is 25.9 Å². The normalized spacial score (nSPS) is 24.6. The molecule has 0 aromatic rings. The number of hydrogen-bond donors (Lipinski definition) is 2. The first-order chi connectivity index (χ1) is 12.2. The van der Waals surface area contributed by atoms with E-state index in [0.29, 0.717) is 6.61 Å². The number of carbonyl (C=O) groups excluding carboxylic acids is 1. The van der Waals surface area contributed by atoms with Crippen molar-refractivity contribution in [2.75, 3.05) is 34.0 Å². The predicted octanol–water partition coefficient (Wildman–Crippen LogP) is 1.71. The second kappa shape index (κ2) is 23.4. The maximum Gasteiger partial charge on any atom is 0.209 e. The summed E-state index contributed by atoms with van der Waals surface area (Å²) in [7, 11) is 3.16. The molecule has 0 radical (unpaired) electrons. The highest BCUT2D eigenvalue weighted by atomic mass is 16.8. The molecule has 4 atom stereocenters. The van der Waals surface area contributed by atoms with Crippen molar-refractivity contribution in [3.8, 4) is 0 Å². The molecule has 1 saturated heterocycles. The topological polar surface area (TPSA) is 104 Å². The van der Waals surface area contributed by atoms with E-state index >= 15 is 0 Å². The summed E-state index contributed by atoms with van der Waals surface area (Å²) in [6.45, 7) is 11.3. The van der Waals surface area contributed by atoms with E-state index in [1.54, 1.807) is 7.11 Å². The maximum absolute atomic E-state index is 9.57. The molecular weight excluding hydrogens is 332 g/mol. The molecule has 0 aromatic heterocycles. The number of ether oxygens (including phenoxy) is 5. The number of methoxy groups -OCH3 is 2. The third-order valence-corrected chi connectivity index (χ3v) is 2.74. The Bertz CT molecular complexity index is 243. The standard InChI is InChI=1S/C12H24O7.2C2H6.CH2O/c1-15-6-4-3-5-7-17-12-11(14)19-10(13)9(18-12)8-16-2;3*1-2/h9-14H,3-8H2,1-2H3;2*1-2H3;1H2. The Balaban J connectivity index is -0.000000725. The van der Waals surface area contributed by atoms with Gasteiger partial charge in [-0.25, -0.2) is 0 Å². The molecule has 1 aliphatic rings. The van der Waals surface area contributed by atoms with Gasteiger partial charge in [-0.05, 0) is 19.3 Å². The summed E-state index contributed by atoms with van der Waals surface area (Å²) in [4.78, 5) is 8.00. The molecule has 0 bridgehead atoms. The highest BCUT2D eigenvalue weighted by molar-refractivity contribution is 5.10. The minimum Gasteiger partial charge on any atom is -0.385 e. The van der Waals surface area contributed by atoms with E-state index < -0.39 is 25.0 Å². The van der Waals surface area contributed by atoms with Crippen LogP contribution in [0, 0.1) is 0 Å². The molecular formula is C17H38O8. The van der Waals surface area contributed by atoms with E-state index in [4.69, 9.17) is 28.5 Å². The molecule has 8 heteroatoms. The van der Waals surface area contributed by atoms with E-state index in [2.05, 4.69) is 0 Å². The first-order valence-electron chi connectivity index (χ1n) is 8.74. The molecule has 8 nitrogen and oxygen atoms in total. The molecule has 1 heterocycles. The van der Waals surface area contributed by atoms with Crippen molar-refractivity contribution < 1.29 is 38.7 Å². The van der Waals surface area contributed by atoms with Gasteiger partial charge in [-0.3, -0.25) is 0 Å². The molecule has 0 aromatic carbocycles. The van der Waals surface area contributed by atoms with Crippen LogP contribution in [0.4, 0.5) is 0 Å². The Morgan fingerprint density at radius 3 is 1.92 bits per heavy atom. The second-order valence-electron chi connectivity index (χ2n) is 4.34. The summed E-state index contributed by atoms with van der Waals surface area (Å²) in [5, 5.41) is 19.1. The lowest BCUT2D eigenvalue weighted by molar-refractivity contribution is -0.388. The highest BCUT2D eigenvalue weighted by Crippen LogP contribution is 2.19. The minimum absolute atomic E-state index is 0.168. The summed E-state index contributed by atoms with van der Waals surface area (Å²) in [5.74, 6) is 0. The Morgan fingerprint density at radius 1 is 0.840 bits per heavy atom. The van der Waals surface area contributed by atoms with Crippen LogP contribution in [0.2, 0.25) is 0 Å². The average molecular weight is 370 g/mol. The number of rotatable bonds is 9. The van der Waals surface area contributed by atoms with Crippen LogP contribution in [0.25, 0.3) is 0 Å². The largest absolute Gasteiger partial charge is 0.385 e. The van der Waals surface area contributed by atoms with Crippen LogP contribution in [0.5, 0.6) is 0 Å². The van der Waals surface area contributed by atoms with Crippen LogP contribution in [-0.4, -0.2) is 76.0 Å². The third-order valence-electron chi connectivity index (χ3n) is 2.74. The lowest BCUT2D eigenvalue weighted by atomic mass is 10.2. The maximum atomic E-state index is 9.57. The second-order valence-corrected chi connectivity index (χ2v) is 4.34. The molecule has 0 spiro atoms. The lowest BCUT2D eigenvalue weighted by Gasteiger charge is -2.36. The number of aliphatic hydroxyl groups excluding tert-OH is 2. The summed E-state index contributed by atoms with van der Waals surface area (Å²) < 4.78 is 25.5. The first kappa shape index (κ1) is 29.2. The molecule has 0 aliphatic carbocycles. The van der Waals surface area contributed by atoms with Crippen molar-refractivity contribution in [3.63, 3.8) is 0 Å². The van der Waals surface area contributed by atoms with Crippen LogP contribution in [0.3, 0.4) is 0 Å². The van der Waals surface area contributed by atoms with Crippen LogP contribution >= 0.6 is 0 Å². The number of carbonyl (C=O) groups is 1. The van der Waals surface area contributed by atoms with Crippen molar-refractivity contribution in [2.24, 2.45) is 0 Å². The molecule has 0 saturated carbocycles. The molecule has 0 amide bonds. The van der Waals surface area contributed by atoms with Gasteiger partial charge in [0.05, 0.1) is 6.61 Å². The van der Waals surface area contributed by atoms with Gasteiger partial charge in [0, 0.05) is 27.4 Å². The van der Waals surface area contributed by atoms with E-state index in [1.165, 1.54) is 7.11 Å². The fourth-order valence-electron chi connectivity index (χ4n) is 1.73. The van der Waals surface area contributed by atoms with E-state index in [-0.39, 0.29) is 6.61 Å². The molecule has 4 unspecified atom stereocenters. The molecule has 2 N–H and O–H groups in total. The van der Waals surface area contributed by atoms with Gasteiger partial charge < -0.3 is 38.7 Å². The van der Waals surface area contributed by atoms with Crippen molar-refractivity contribution in [1.29, 1.82) is 0 Å². The highest BCUT2D eigenvalue weighted by Gasteiger charge is 2.37. The molecule has 154 valence electrons. The van der Waals surface area contributed by atoms with E-state index in [9.17, 15) is 10.2 Å². The Labute approximate surface area is 152 Å². The van der Waals surface area contributed by atoms with Gasteiger partial charge in [0.25, 0.3) is 0 Å². The summed E-state index contributed by atoms with van der Waals surface area (Å²) in [6.07, 6.45) is -1.28. The van der Waals surface area contributed by atoms with Crippen LogP contribution in [0.15, 0.2) is 0 Å². The fourth-order valence-corrected chi connectivity index (χ4v) is 1.73. The molecule has 1 fully saturated rings. The van der Waals surface area contributed by atoms with Crippen molar-refractivity contribution in [1.82, 2.24) is 0 Å². The number of aliphatic hydroxyl groups is 2. The average Bonchev–Trinajstić information content (AvgIpc) is 2.66. The molecule has 1 aliphatic heterocycles. The summed E-state index contributed by atoms with van der Waals surface area (Å²) in [5.41, 5.74) is 0. The van der Waals surface area contributed by atoms with Crippen LogP contribution in [-0.2, 0) is 28.5 Å². The van der Waals surface area contributed by atoms with Crippen LogP contribution < -0.4 is 0 Å².